The van der Waals surface area contributed by atoms with Crippen LogP contribution in [0, 0.1) is 0 Å². The third-order valence-electron chi connectivity index (χ3n) is 7.15. The zero-order valence-electron chi connectivity index (χ0n) is 20.3. The molecular weight excluding hydrogens is 458 g/mol. The maximum atomic E-state index is 10.2. The van der Waals surface area contributed by atoms with Crippen LogP contribution < -0.4 is 5.32 Å². The molecular formula is C23H36ClN5O3Si. The third-order valence-corrected chi connectivity index (χ3v) is 11.9. The van der Waals surface area contributed by atoms with Gasteiger partial charge in [-0.15, -0.1) is 0 Å². The average molecular weight is 494 g/mol. The van der Waals surface area contributed by atoms with Crippen LogP contribution in [0.2, 0.25) is 23.2 Å². The van der Waals surface area contributed by atoms with Crippen molar-refractivity contribution in [3.63, 3.8) is 0 Å². The van der Waals surface area contributed by atoms with Crippen LogP contribution in [0.25, 0.3) is 11.3 Å². The number of hydrogen-bond acceptors (Lipinski definition) is 7. The first-order valence-electron chi connectivity index (χ1n) is 11.9. The van der Waals surface area contributed by atoms with Gasteiger partial charge >= 0.3 is 0 Å². The fourth-order valence-electron chi connectivity index (χ4n) is 4.15. The van der Waals surface area contributed by atoms with E-state index >= 15 is 0 Å². The van der Waals surface area contributed by atoms with E-state index in [-0.39, 0.29) is 17.2 Å². The summed E-state index contributed by atoms with van der Waals surface area (Å²) in [4.78, 5) is 9.12. The highest BCUT2D eigenvalue weighted by Gasteiger charge is 2.41. The minimum Gasteiger partial charge on any atom is -0.408 e. The van der Waals surface area contributed by atoms with E-state index in [1.54, 1.807) is 6.20 Å². The Balaban J connectivity index is 1.69. The molecule has 4 rings (SSSR count). The van der Waals surface area contributed by atoms with E-state index in [9.17, 15) is 5.11 Å². The van der Waals surface area contributed by atoms with Crippen LogP contribution in [-0.4, -0.2) is 58.5 Å². The molecule has 8 nitrogen and oxygen atoms in total. The second kappa shape index (κ2) is 9.62. The van der Waals surface area contributed by atoms with Crippen LogP contribution in [0.15, 0.2) is 12.4 Å². The van der Waals surface area contributed by atoms with E-state index < -0.39 is 14.4 Å². The number of nitrogens with one attached hydrogen (secondary N) is 1. The largest absolute Gasteiger partial charge is 0.408 e. The van der Waals surface area contributed by atoms with Gasteiger partial charge in [0.2, 0.25) is 5.95 Å². The topological polar surface area (TPSA) is 94.3 Å². The van der Waals surface area contributed by atoms with Crippen LogP contribution in [-0.2, 0) is 15.7 Å². The zero-order valence-corrected chi connectivity index (χ0v) is 22.0. The lowest BCUT2D eigenvalue weighted by molar-refractivity contribution is -0.0136. The van der Waals surface area contributed by atoms with Gasteiger partial charge in [0.05, 0.1) is 53.7 Å². The number of halogens is 1. The molecule has 2 aromatic heterocycles. The van der Waals surface area contributed by atoms with E-state index in [1.807, 2.05) is 6.20 Å². The van der Waals surface area contributed by atoms with Crippen LogP contribution in [0.4, 0.5) is 5.95 Å². The number of ether oxygens (including phenoxy) is 1. The molecule has 1 saturated heterocycles. The fraction of sp³-hybridized carbons (Fsp3) is 0.696. The summed E-state index contributed by atoms with van der Waals surface area (Å²) >= 11 is 6.60. The Kier molecular flexibility index (Phi) is 7.17. The average Bonchev–Trinajstić information content (AvgIpc) is 3.06. The predicted octanol–water partition coefficient (Wildman–Crippen LogP) is 4.80. The van der Waals surface area contributed by atoms with Gasteiger partial charge in [0, 0.05) is 18.7 Å². The Morgan fingerprint density at radius 3 is 2.76 bits per heavy atom. The lowest BCUT2D eigenvalue weighted by Gasteiger charge is -2.39. The summed E-state index contributed by atoms with van der Waals surface area (Å²) in [6.07, 6.45) is 6.61. The molecule has 2 N–H and O–H groups in total. The number of fused-ring (bicyclic) bond motifs is 1. The molecule has 0 radical (unpaired) electrons. The van der Waals surface area contributed by atoms with Gasteiger partial charge < -0.3 is 19.6 Å². The predicted molar refractivity (Wildman–Crippen MR) is 132 cm³/mol. The van der Waals surface area contributed by atoms with Crippen molar-refractivity contribution in [3.05, 3.63) is 23.1 Å². The Morgan fingerprint density at radius 1 is 1.24 bits per heavy atom. The van der Waals surface area contributed by atoms with Crippen LogP contribution >= 0.6 is 11.6 Å². The molecule has 2 aliphatic heterocycles. The normalized spacial score (nSPS) is 24.3. The molecule has 0 spiro atoms. The summed E-state index contributed by atoms with van der Waals surface area (Å²) in [6, 6.07) is -0.160. The lowest BCUT2D eigenvalue weighted by Crippen LogP contribution is -2.42. The SMILES string of the molecule is CC(C)(C)[Si](C)(C)OC1CCCCn2ncc(-c3nc(N[C@@H]4CCOC[C@H]4O)ncc3Cl)c21. The van der Waals surface area contributed by atoms with Crippen molar-refractivity contribution in [1.29, 1.82) is 0 Å². The van der Waals surface area contributed by atoms with Crippen molar-refractivity contribution >= 4 is 25.9 Å². The quantitative estimate of drug-likeness (QED) is 0.577. The molecule has 2 aromatic rings. The number of aliphatic hydroxyl groups is 1. The van der Waals surface area contributed by atoms with Gasteiger partial charge in [-0.3, -0.25) is 4.68 Å². The number of aliphatic hydroxyl groups excluding tert-OH is 1. The summed E-state index contributed by atoms with van der Waals surface area (Å²) in [5, 5.41) is 18.8. The van der Waals surface area contributed by atoms with E-state index in [0.717, 1.165) is 37.1 Å². The molecule has 182 valence electrons. The highest BCUT2D eigenvalue weighted by molar-refractivity contribution is 6.74. The summed E-state index contributed by atoms with van der Waals surface area (Å²) in [7, 11) is -2.00. The van der Waals surface area contributed by atoms with Crippen LogP contribution in [0.1, 0.15) is 58.3 Å². The third kappa shape index (κ3) is 5.27. The molecule has 0 bridgehead atoms. The minimum atomic E-state index is -2.00. The molecule has 1 fully saturated rings. The summed E-state index contributed by atoms with van der Waals surface area (Å²) in [5.74, 6) is 0.441. The van der Waals surface area contributed by atoms with Gasteiger partial charge in [0.15, 0.2) is 8.32 Å². The molecule has 4 heterocycles. The number of hydrogen-bond donors (Lipinski definition) is 2. The molecule has 0 aliphatic carbocycles. The monoisotopic (exact) mass is 493 g/mol. The molecule has 0 saturated carbocycles. The highest BCUT2D eigenvalue weighted by atomic mass is 35.5. The molecule has 10 heteroatoms. The van der Waals surface area contributed by atoms with Gasteiger partial charge in [0.1, 0.15) is 0 Å². The molecule has 1 unspecified atom stereocenters. The van der Waals surface area contributed by atoms with Gasteiger partial charge in [-0.1, -0.05) is 32.4 Å². The molecule has 3 atom stereocenters. The van der Waals surface area contributed by atoms with Crippen molar-refractivity contribution in [2.45, 2.75) is 89.4 Å². The van der Waals surface area contributed by atoms with Crippen molar-refractivity contribution in [2.75, 3.05) is 18.5 Å². The summed E-state index contributed by atoms with van der Waals surface area (Å²) < 4.78 is 14.3. The molecule has 2 aliphatic rings. The first-order chi connectivity index (χ1) is 15.6. The van der Waals surface area contributed by atoms with Crippen molar-refractivity contribution in [2.24, 2.45) is 0 Å². The fourth-order valence-corrected chi connectivity index (χ4v) is 5.64. The van der Waals surface area contributed by atoms with Gasteiger partial charge in [0.25, 0.3) is 0 Å². The first-order valence-corrected chi connectivity index (χ1v) is 15.1. The summed E-state index contributed by atoms with van der Waals surface area (Å²) in [6.45, 7) is 13.1. The van der Waals surface area contributed by atoms with E-state index in [0.29, 0.717) is 36.3 Å². The van der Waals surface area contributed by atoms with E-state index in [4.69, 9.17) is 30.8 Å². The smallest absolute Gasteiger partial charge is 0.223 e. The highest BCUT2D eigenvalue weighted by Crippen LogP contribution is 2.44. The van der Waals surface area contributed by atoms with Crippen molar-refractivity contribution in [1.82, 2.24) is 19.7 Å². The molecule has 0 aromatic carbocycles. The molecule has 33 heavy (non-hydrogen) atoms. The van der Waals surface area contributed by atoms with Gasteiger partial charge in [-0.05, 0) is 43.8 Å². The zero-order chi connectivity index (χ0) is 23.8. The Morgan fingerprint density at radius 2 is 2.03 bits per heavy atom. The first kappa shape index (κ1) is 24.6. The second-order valence-corrected chi connectivity index (χ2v) is 15.8. The standard InChI is InChI=1S/C23H36ClN5O3Si/c1-23(2,3)33(4,5)32-19-8-6-7-10-29-21(19)15(12-26-29)20-16(24)13-25-22(28-20)27-17-9-11-31-14-18(17)30/h12-13,17-19,30H,6-11,14H2,1-5H3,(H,25,27,28)/t17-,18-,19?/m1/s1. The number of nitrogens with zero attached hydrogens (tertiary/aromatic N) is 4. The van der Waals surface area contributed by atoms with Gasteiger partial charge in [-0.25, -0.2) is 9.97 Å². The number of rotatable bonds is 5. The number of aryl methyl sites for hydroxylation is 1. The molecule has 0 amide bonds. The second-order valence-electron chi connectivity index (χ2n) is 10.6. The van der Waals surface area contributed by atoms with E-state index in [2.05, 4.69) is 48.8 Å². The maximum absolute atomic E-state index is 10.2. The Labute approximate surface area is 202 Å². The van der Waals surface area contributed by atoms with Crippen LogP contribution in [0.5, 0.6) is 0 Å². The van der Waals surface area contributed by atoms with Crippen LogP contribution in [0.3, 0.4) is 0 Å². The van der Waals surface area contributed by atoms with Gasteiger partial charge in [-0.2, -0.15) is 5.10 Å². The number of aromatic nitrogens is 4. The summed E-state index contributed by atoms with van der Waals surface area (Å²) in [5.41, 5.74) is 2.58. The Hall–Kier alpha value is -1.52. The maximum Gasteiger partial charge on any atom is 0.223 e. The van der Waals surface area contributed by atoms with Crippen molar-refractivity contribution < 1.29 is 14.3 Å². The lowest BCUT2D eigenvalue weighted by atomic mass is 10.1. The number of anilines is 1. The minimum absolute atomic E-state index is 0.0503. The Bertz CT molecular complexity index is 977. The van der Waals surface area contributed by atoms with Crippen molar-refractivity contribution in [3.8, 4) is 11.3 Å². The van der Waals surface area contributed by atoms with E-state index in [1.165, 1.54) is 0 Å².